The van der Waals surface area contributed by atoms with Crippen LogP contribution in [0.15, 0.2) is 78.9 Å². The number of amides is 2. The highest BCUT2D eigenvalue weighted by molar-refractivity contribution is 5.85. The standard InChI is InChI=1S/C28H28N2O4/c1-19(22-12-14-24-25(16-22)34-18-33-24)29-28(32)23-13-15-26(31)30(17-20-8-4-2-5-9-20)27(23)21-10-6-3-7-11-21/h2-12,14,16,19,23,27H,13,15,17-18H2,1H3,(H,29,32). The van der Waals surface area contributed by atoms with Gasteiger partial charge in [-0.05, 0) is 42.2 Å². The van der Waals surface area contributed by atoms with Gasteiger partial charge in [0.2, 0.25) is 18.6 Å². The normalized spacial score (nSPS) is 20.1. The number of likely N-dealkylation sites (tertiary alicyclic amines) is 1. The predicted molar refractivity (Wildman–Crippen MR) is 128 cm³/mol. The molecule has 3 unspecified atom stereocenters. The van der Waals surface area contributed by atoms with Gasteiger partial charge in [-0.15, -0.1) is 0 Å². The van der Waals surface area contributed by atoms with Crippen molar-refractivity contribution in [1.29, 1.82) is 0 Å². The molecule has 3 atom stereocenters. The number of carbonyl (C=O) groups is 2. The van der Waals surface area contributed by atoms with Crippen LogP contribution >= 0.6 is 0 Å². The summed E-state index contributed by atoms with van der Waals surface area (Å²) in [7, 11) is 0. The van der Waals surface area contributed by atoms with Crippen LogP contribution in [-0.4, -0.2) is 23.5 Å². The Morgan fingerprint density at radius 2 is 1.71 bits per heavy atom. The molecule has 174 valence electrons. The molecule has 34 heavy (non-hydrogen) atoms. The van der Waals surface area contributed by atoms with Gasteiger partial charge in [0.25, 0.3) is 0 Å². The molecule has 0 radical (unpaired) electrons. The lowest BCUT2D eigenvalue weighted by molar-refractivity contribution is -0.144. The highest BCUT2D eigenvalue weighted by Crippen LogP contribution is 2.39. The van der Waals surface area contributed by atoms with E-state index in [0.717, 1.165) is 16.7 Å². The van der Waals surface area contributed by atoms with Crippen molar-refractivity contribution in [3.8, 4) is 11.5 Å². The van der Waals surface area contributed by atoms with E-state index in [-0.39, 0.29) is 36.6 Å². The Bertz CT molecular complexity index is 1170. The molecule has 0 saturated carbocycles. The smallest absolute Gasteiger partial charge is 0.231 e. The summed E-state index contributed by atoms with van der Waals surface area (Å²) in [5, 5.41) is 3.18. The third-order valence-electron chi connectivity index (χ3n) is 6.64. The Labute approximate surface area is 199 Å². The summed E-state index contributed by atoms with van der Waals surface area (Å²) < 4.78 is 10.9. The first-order valence-corrected chi connectivity index (χ1v) is 11.7. The van der Waals surface area contributed by atoms with E-state index in [1.54, 1.807) is 0 Å². The summed E-state index contributed by atoms with van der Waals surface area (Å²) >= 11 is 0. The van der Waals surface area contributed by atoms with E-state index in [0.29, 0.717) is 30.9 Å². The fraction of sp³-hybridized carbons (Fsp3) is 0.286. The van der Waals surface area contributed by atoms with E-state index in [1.165, 1.54) is 0 Å². The number of carbonyl (C=O) groups excluding carboxylic acids is 2. The van der Waals surface area contributed by atoms with E-state index in [9.17, 15) is 9.59 Å². The molecule has 6 nitrogen and oxygen atoms in total. The van der Waals surface area contributed by atoms with Crippen LogP contribution in [0.1, 0.15) is 48.5 Å². The number of hydrogen-bond donors (Lipinski definition) is 1. The predicted octanol–water partition coefficient (Wildman–Crippen LogP) is 4.77. The van der Waals surface area contributed by atoms with Gasteiger partial charge in [0.1, 0.15) is 0 Å². The first-order valence-electron chi connectivity index (χ1n) is 11.7. The lowest BCUT2D eigenvalue weighted by Gasteiger charge is -2.41. The van der Waals surface area contributed by atoms with Crippen LogP contribution < -0.4 is 14.8 Å². The van der Waals surface area contributed by atoms with Gasteiger partial charge in [-0.25, -0.2) is 0 Å². The molecule has 0 aliphatic carbocycles. The molecule has 1 saturated heterocycles. The van der Waals surface area contributed by atoms with Crippen molar-refractivity contribution in [2.45, 2.75) is 38.4 Å². The van der Waals surface area contributed by atoms with Crippen LogP contribution in [0.25, 0.3) is 0 Å². The molecule has 0 aromatic heterocycles. The third-order valence-corrected chi connectivity index (χ3v) is 6.64. The molecule has 3 aromatic carbocycles. The number of nitrogens with one attached hydrogen (secondary N) is 1. The highest BCUT2D eigenvalue weighted by atomic mass is 16.7. The van der Waals surface area contributed by atoms with Gasteiger partial charge in [0.05, 0.1) is 18.0 Å². The summed E-state index contributed by atoms with van der Waals surface area (Å²) in [6, 6.07) is 25.0. The zero-order valence-corrected chi connectivity index (χ0v) is 19.1. The lowest BCUT2D eigenvalue weighted by atomic mass is 9.83. The molecule has 3 aromatic rings. The van der Waals surface area contributed by atoms with Crippen LogP contribution in [0, 0.1) is 5.92 Å². The van der Waals surface area contributed by atoms with Crippen molar-refractivity contribution in [3.05, 3.63) is 95.6 Å². The number of benzene rings is 3. The van der Waals surface area contributed by atoms with Gasteiger partial charge < -0.3 is 19.7 Å². The monoisotopic (exact) mass is 456 g/mol. The van der Waals surface area contributed by atoms with Gasteiger partial charge >= 0.3 is 0 Å². The molecule has 0 bridgehead atoms. The first-order chi connectivity index (χ1) is 16.6. The number of piperidine rings is 1. The first kappa shape index (κ1) is 22.0. The maximum Gasteiger partial charge on any atom is 0.231 e. The van der Waals surface area contributed by atoms with E-state index in [1.807, 2.05) is 90.7 Å². The zero-order valence-electron chi connectivity index (χ0n) is 19.1. The molecule has 5 rings (SSSR count). The van der Waals surface area contributed by atoms with Crippen LogP contribution in [0.5, 0.6) is 11.5 Å². The zero-order chi connectivity index (χ0) is 23.5. The molecule has 0 spiro atoms. The van der Waals surface area contributed by atoms with Crippen molar-refractivity contribution in [2.75, 3.05) is 6.79 Å². The number of nitrogens with zero attached hydrogens (tertiary/aromatic N) is 1. The van der Waals surface area contributed by atoms with Crippen molar-refractivity contribution in [3.63, 3.8) is 0 Å². The Morgan fingerprint density at radius 1 is 1.00 bits per heavy atom. The quantitative estimate of drug-likeness (QED) is 0.580. The number of fused-ring (bicyclic) bond motifs is 1. The van der Waals surface area contributed by atoms with Crippen LogP contribution in [0.2, 0.25) is 0 Å². The topological polar surface area (TPSA) is 67.9 Å². The van der Waals surface area contributed by atoms with Gasteiger partial charge in [0, 0.05) is 13.0 Å². The average molecular weight is 457 g/mol. The van der Waals surface area contributed by atoms with Gasteiger partial charge in [-0.1, -0.05) is 66.7 Å². The summed E-state index contributed by atoms with van der Waals surface area (Å²) in [6.07, 6.45) is 0.871. The summed E-state index contributed by atoms with van der Waals surface area (Å²) in [6.45, 7) is 2.65. The summed E-state index contributed by atoms with van der Waals surface area (Å²) in [4.78, 5) is 28.5. The molecule has 6 heteroatoms. The fourth-order valence-corrected chi connectivity index (χ4v) is 4.84. The van der Waals surface area contributed by atoms with Crippen LogP contribution in [0.4, 0.5) is 0 Å². The minimum atomic E-state index is -0.347. The van der Waals surface area contributed by atoms with Crippen LogP contribution in [0.3, 0.4) is 0 Å². The number of ether oxygens (including phenoxy) is 2. The van der Waals surface area contributed by atoms with E-state index < -0.39 is 0 Å². The molecule has 2 heterocycles. The van der Waals surface area contributed by atoms with E-state index in [2.05, 4.69) is 5.32 Å². The maximum atomic E-state index is 13.6. The Balaban J connectivity index is 1.40. The van der Waals surface area contributed by atoms with Crippen molar-refractivity contribution in [1.82, 2.24) is 10.2 Å². The van der Waals surface area contributed by atoms with E-state index in [4.69, 9.17) is 9.47 Å². The Kier molecular flexibility index (Phi) is 6.21. The van der Waals surface area contributed by atoms with Crippen LogP contribution in [-0.2, 0) is 16.1 Å². The van der Waals surface area contributed by atoms with Crippen molar-refractivity contribution >= 4 is 11.8 Å². The minimum absolute atomic E-state index is 0.0513. The molecule has 2 amide bonds. The van der Waals surface area contributed by atoms with E-state index >= 15 is 0 Å². The SMILES string of the molecule is CC(NC(=O)C1CCC(=O)N(Cc2ccccc2)C1c1ccccc1)c1ccc2c(c1)OCO2. The summed E-state index contributed by atoms with van der Waals surface area (Å²) in [5.74, 6) is 1.09. The second-order valence-corrected chi connectivity index (χ2v) is 8.85. The molecule has 2 aliphatic heterocycles. The molecule has 1 N–H and O–H groups in total. The second-order valence-electron chi connectivity index (χ2n) is 8.85. The minimum Gasteiger partial charge on any atom is -0.454 e. The lowest BCUT2D eigenvalue weighted by Crippen LogP contribution is -2.48. The highest BCUT2D eigenvalue weighted by Gasteiger charge is 2.40. The molecule has 1 fully saturated rings. The molecule has 2 aliphatic rings. The van der Waals surface area contributed by atoms with Crippen molar-refractivity contribution in [2.24, 2.45) is 5.92 Å². The number of hydrogen-bond acceptors (Lipinski definition) is 4. The maximum absolute atomic E-state index is 13.6. The van der Waals surface area contributed by atoms with Gasteiger partial charge in [-0.2, -0.15) is 0 Å². The summed E-state index contributed by atoms with van der Waals surface area (Å²) in [5.41, 5.74) is 2.97. The second kappa shape index (κ2) is 9.59. The Morgan fingerprint density at radius 3 is 2.47 bits per heavy atom. The number of rotatable bonds is 6. The largest absolute Gasteiger partial charge is 0.454 e. The third kappa shape index (κ3) is 4.49. The van der Waals surface area contributed by atoms with Crippen molar-refractivity contribution < 1.29 is 19.1 Å². The Hall–Kier alpha value is -3.80. The van der Waals surface area contributed by atoms with Gasteiger partial charge in [-0.3, -0.25) is 9.59 Å². The fourth-order valence-electron chi connectivity index (χ4n) is 4.84. The van der Waals surface area contributed by atoms with Gasteiger partial charge in [0.15, 0.2) is 11.5 Å². The average Bonchev–Trinajstić information content (AvgIpc) is 3.34. The molecular weight excluding hydrogens is 428 g/mol. The molecular formula is C28H28N2O4.